The fraction of sp³-hybridized carbons (Fsp3) is 0.375. The molecule has 30 heavy (non-hydrogen) atoms. The van der Waals surface area contributed by atoms with E-state index in [2.05, 4.69) is 17.4 Å². The quantitative estimate of drug-likeness (QED) is 0.775. The van der Waals surface area contributed by atoms with Gasteiger partial charge in [0.25, 0.3) is 5.91 Å². The molecule has 0 unspecified atom stereocenters. The highest BCUT2D eigenvalue weighted by atomic mass is 35.5. The van der Waals surface area contributed by atoms with Crippen LogP contribution in [0.2, 0.25) is 5.02 Å². The van der Waals surface area contributed by atoms with E-state index in [0.717, 1.165) is 17.9 Å². The van der Waals surface area contributed by atoms with Gasteiger partial charge in [-0.05, 0) is 60.6 Å². The molecule has 2 amide bonds. The molecule has 0 aromatic heterocycles. The number of benzene rings is 2. The SMILES string of the molecule is CC(C)[C@@H](NC(=O)c1cccc(C#N)c1)C(=O)N1CCC(c2ccc(Cl)cc2)CC1. The minimum absolute atomic E-state index is 0.0467. The number of halogens is 1. The Morgan fingerprint density at radius 2 is 1.80 bits per heavy atom. The van der Waals surface area contributed by atoms with E-state index < -0.39 is 6.04 Å². The molecule has 1 saturated heterocycles. The molecular formula is C24H26ClN3O2. The van der Waals surface area contributed by atoms with E-state index in [9.17, 15) is 9.59 Å². The second kappa shape index (κ2) is 9.77. The molecule has 1 heterocycles. The number of nitriles is 1. The van der Waals surface area contributed by atoms with Crippen molar-refractivity contribution in [2.24, 2.45) is 5.92 Å². The summed E-state index contributed by atoms with van der Waals surface area (Å²) < 4.78 is 0. The summed E-state index contributed by atoms with van der Waals surface area (Å²) in [5, 5.41) is 12.6. The molecule has 0 spiro atoms. The van der Waals surface area contributed by atoms with Crippen LogP contribution in [-0.2, 0) is 4.79 Å². The molecule has 5 nitrogen and oxygen atoms in total. The van der Waals surface area contributed by atoms with Gasteiger partial charge in [-0.25, -0.2) is 0 Å². The first-order valence-corrected chi connectivity index (χ1v) is 10.6. The van der Waals surface area contributed by atoms with Gasteiger partial charge in [-0.15, -0.1) is 0 Å². The lowest BCUT2D eigenvalue weighted by atomic mass is 9.89. The molecular weight excluding hydrogens is 398 g/mol. The first-order valence-electron chi connectivity index (χ1n) is 10.2. The van der Waals surface area contributed by atoms with Crippen molar-refractivity contribution in [2.75, 3.05) is 13.1 Å². The number of hydrogen-bond acceptors (Lipinski definition) is 3. The molecule has 3 rings (SSSR count). The summed E-state index contributed by atoms with van der Waals surface area (Å²) in [4.78, 5) is 27.7. The van der Waals surface area contributed by atoms with Crippen LogP contribution in [0.3, 0.4) is 0 Å². The van der Waals surface area contributed by atoms with Gasteiger partial charge in [0.1, 0.15) is 6.04 Å². The highest BCUT2D eigenvalue weighted by Crippen LogP contribution is 2.29. The average Bonchev–Trinajstić information content (AvgIpc) is 2.77. The van der Waals surface area contributed by atoms with E-state index in [1.165, 1.54) is 11.6 Å². The number of rotatable bonds is 5. The third kappa shape index (κ3) is 5.20. The van der Waals surface area contributed by atoms with Crippen LogP contribution in [-0.4, -0.2) is 35.8 Å². The van der Waals surface area contributed by atoms with E-state index >= 15 is 0 Å². The zero-order chi connectivity index (χ0) is 21.7. The minimum Gasteiger partial charge on any atom is -0.341 e. The molecule has 156 valence electrons. The van der Waals surface area contributed by atoms with Crippen molar-refractivity contribution in [3.63, 3.8) is 0 Å². The highest BCUT2D eigenvalue weighted by molar-refractivity contribution is 6.30. The Labute approximate surface area is 182 Å². The van der Waals surface area contributed by atoms with Crippen molar-refractivity contribution < 1.29 is 9.59 Å². The Balaban J connectivity index is 1.63. The summed E-state index contributed by atoms with van der Waals surface area (Å²) in [6.45, 7) is 5.17. The molecule has 1 aliphatic heterocycles. The van der Waals surface area contributed by atoms with Crippen molar-refractivity contribution in [3.05, 3.63) is 70.2 Å². The fourth-order valence-electron chi connectivity index (χ4n) is 3.83. The van der Waals surface area contributed by atoms with E-state index in [4.69, 9.17) is 16.9 Å². The molecule has 0 bridgehead atoms. The maximum Gasteiger partial charge on any atom is 0.251 e. The summed E-state index contributed by atoms with van der Waals surface area (Å²) >= 11 is 5.98. The monoisotopic (exact) mass is 423 g/mol. The lowest BCUT2D eigenvalue weighted by Crippen LogP contribution is -2.52. The van der Waals surface area contributed by atoms with Gasteiger partial charge in [-0.2, -0.15) is 5.26 Å². The van der Waals surface area contributed by atoms with Gasteiger partial charge in [0, 0.05) is 23.7 Å². The number of likely N-dealkylation sites (tertiary alicyclic amines) is 1. The highest BCUT2D eigenvalue weighted by Gasteiger charge is 2.31. The molecule has 2 aromatic rings. The molecule has 0 saturated carbocycles. The number of amides is 2. The van der Waals surface area contributed by atoms with E-state index in [1.807, 2.05) is 36.9 Å². The number of piperidine rings is 1. The van der Waals surface area contributed by atoms with Crippen LogP contribution >= 0.6 is 11.6 Å². The third-order valence-corrected chi connectivity index (χ3v) is 5.87. The molecule has 1 N–H and O–H groups in total. The van der Waals surface area contributed by atoms with Crippen LogP contribution in [0.1, 0.15) is 54.1 Å². The Morgan fingerprint density at radius 3 is 2.40 bits per heavy atom. The second-order valence-corrected chi connectivity index (χ2v) is 8.48. The van der Waals surface area contributed by atoms with Gasteiger partial charge in [0.2, 0.25) is 5.91 Å². The smallest absolute Gasteiger partial charge is 0.251 e. The molecule has 1 atom stereocenters. The van der Waals surface area contributed by atoms with Crippen molar-refractivity contribution >= 4 is 23.4 Å². The number of carbonyl (C=O) groups is 2. The van der Waals surface area contributed by atoms with E-state index in [1.54, 1.807) is 18.2 Å². The van der Waals surface area contributed by atoms with Crippen molar-refractivity contribution in [3.8, 4) is 6.07 Å². The maximum atomic E-state index is 13.2. The van der Waals surface area contributed by atoms with Gasteiger partial charge in [-0.3, -0.25) is 9.59 Å². The third-order valence-electron chi connectivity index (χ3n) is 5.62. The minimum atomic E-state index is -0.602. The fourth-order valence-corrected chi connectivity index (χ4v) is 3.96. The Bertz CT molecular complexity index is 942. The molecule has 6 heteroatoms. The van der Waals surface area contributed by atoms with Crippen LogP contribution in [0.5, 0.6) is 0 Å². The Kier molecular flexibility index (Phi) is 7.12. The van der Waals surface area contributed by atoms with Crippen molar-refractivity contribution in [1.82, 2.24) is 10.2 Å². The molecule has 1 aliphatic rings. The van der Waals surface area contributed by atoms with Crippen LogP contribution in [0.15, 0.2) is 48.5 Å². The lowest BCUT2D eigenvalue weighted by molar-refractivity contribution is -0.135. The summed E-state index contributed by atoms with van der Waals surface area (Å²) in [5.41, 5.74) is 2.05. The molecule has 0 radical (unpaired) electrons. The number of hydrogen-bond donors (Lipinski definition) is 1. The average molecular weight is 424 g/mol. The first kappa shape index (κ1) is 21.9. The molecule has 0 aliphatic carbocycles. The van der Waals surface area contributed by atoms with Gasteiger partial charge in [0.05, 0.1) is 11.6 Å². The van der Waals surface area contributed by atoms with Crippen molar-refractivity contribution in [1.29, 1.82) is 5.26 Å². The van der Waals surface area contributed by atoms with Gasteiger partial charge < -0.3 is 10.2 Å². The normalized spacial score (nSPS) is 15.5. The topological polar surface area (TPSA) is 73.2 Å². The van der Waals surface area contributed by atoms with Gasteiger partial charge in [0.15, 0.2) is 0 Å². The summed E-state index contributed by atoms with van der Waals surface area (Å²) in [6.07, 6.45) is 1.77. The van der Waals surface area contributed by atoms with E-state index in [0.29, 0.717) is 30.1 Å². The van der Waals surface area contributed by atoms with Gasteiger partial charge in [-0.1, -0.05) is 43.6 Å². The van der Waals surface area contributed by atoms with Crippen LogP contribution < -0.4 is 5.32 Å². The zero-order valence-corrected chi connectivity index (χ0v) is 18.0. The molecule has 1 fully saturated rings. The predicted molar refractivity (Wildman–Crippen MR) is 117 cm³/mol. The van der Waals surface area contributed by atoms with Crippen LogP contribution in [0, 0.1) is 17.2 Å². The Hall–Kier alpha value is -2.84. The predicted octanol–water partition coefficient (Wildman–Crippen LogP) is 4.37. The van der Waals surface area contributed by atoms with Crippen LogP contribution in [0.25, 0.3) is 0 Å². The van der Waals surface area contributed by atoms with Gasteiger partial charge >= 0.3 is 0 Å². The second-order valence-electron chi connectivity index (χ2n) is 8.04. The number of nitrogens with zero attached hydrogens (tertiary/aromatic N) is 2. The van der Waals surface area contributed by atoms with Crippen molar-refractivity contribution in [2.45, 2.75) is 38.6 Å². The van der Waals surface area contributed by atoms with Crippen LogP contribution in [0.4, 0.5) is 0 Å². The summed E-state index contributed by atoms with van der Waals surface area (Å²) in [5.74, 6) is -0.0266. The number of carbonyl (C=O) groups excluding carboxylic acids is 2. The zero-order valence-electron chi connectivity index (χ0n) is 17.3. The largest absolute Gasteiger partial charge is 0.341 e. The van der Waals surface area contributed by atoms with E-state index in [-0.39, 0.29) is 17.7 Å². The first-order chi connectivity index (χ1) is 14.4. The Morgan fingerprint density at radius 1 is 1.13 bits per heavy atom. The number of nitrogens with one attached hydrogen (secondary N) is 1. The summed E-state index contributed by atoms with van der Waals surface area (Å²) in [6, 6.07) is 15.8. The standard InChI is InChI=1S/C24H26ClN3O2/c1-16(2)22(27-23(29)20-5-3-4-17(14-20)15-26)24(30)28-12-10-19(11-13-28)18-6-8-21(25)9-7-18/h3-9,14,16,19,22H,10-13H2,1-2H3,(H,27,29)/t22-/m1/s1. The molecule has 2 aromatic carbocycles. The maximum absolute atomic E-state index is 13.2. The summed E-state index contributed by atoms with van der Waals surface area (Å²) in [7, 11) is 0. The lowest BCUT2D eigenvalue weighted by Gasteiger charge is -2.35.